The lowest BCUT2D eigenvalue weighted by Crippen LogP contribution is -2.04. The van der Waals surface area contributed by atoms with Gasteiger partial charge in [-0.3, -0.25) is 4.98 Å². The van der Waals surface area contributed by atoms with Crippen LogP contribution in [-0.4, -0.2) is 15.0 Å². The van der Waals surface area contributed by atoms with Gasteiger partial charge in [-0.1, -0.05) is 29.8 Å². The van der Waals surface area contributed by atoms with Gasteiger partial charge in [-0.2, -0.15) is 10.2 Å². The molecule has 0 unspecified atom stereocenters. The lowest BCUT2D eigenvalue weighted by atomic mass is 9.93. The minimum absolute atomic E-state index is 0.324. The molecule has 0 saturated carbocycles. The molecule has 0 saturated heterocycles. The number of pyridine rings is 1. The summed E-state index contributed by atoms with van der Waals surface area (Å²) in [5.74, 6) is 0.748. The van der Waals surface area contributed by atoms with Crippen molar-refractivity contribution in [1.29, 1.82) is 5.26 Å². The molecule has 0 fully saturated rings. The fourth-order valence-corrected chi connectivity index (χ4v) is 3.73. The van der Waals surface area contributed by atoms with Crippen molar-refractivity contribution in [2.24, 2.45) is 0 Å². The van der Waals surface area contributed by atoms with E-state index in [1.54, 1.807) is 12.3 Å². The van der Waals surface area contributed by atoms with Crippen LogP contribution in [0.15, 0.2) is 54.7 Å². The topological polar surface area (TPSA) is 101 Å². The largest absolute Gasteiger partial charge is 0.382 e. The Balaban J connectivity index is 1.85. The molecule has 6 nitrogen and oxygen atoms in total. The number of fused-ring (bicyclic) bond motifs is 1. The first-order valence-corrected chi connectivity index (χ1v) is 9.90. The van der Waals surface area contributed by atoms with Crippen molar-refractivity contribution in [2.45, 2.75) is 20.8 Å². The van der Waals surface area contributed by atoms with Gasteiger partial charge in [-0.25, -0.2) is 4.98 Å². The van der Waals surface area contributed by atoms with E-state index in [2.05, 4.69) is 27.4 Å². The molecule has 2 aromatic carbocycles. The van der Waals surface area contributed by atoms with Crippen molar-refractivity contribution >= 4 is 34.6 Å². The smallest absolute Gasteiger partial charge is 0.229 e. The molecule has 4 rings (SSSR count). The first kappa shape index (κ1) is 20.0. The first-order valence-electron chi connectivity index (χ1n) is 9.90. The number of rotatable bonds is 4. The summed E-state index contributed by atoms with van der Waals surface area (Å²) in [6.45, 7) is 6.14. The van der Waals surface area contributed by atoms with Crippen LogP contribution in [0.3, 0.4) is 0 Å². The monoisotopic (exact) mass is 406 g/mol. The second-order valence-corrected chi connectivity index (χ2v) is 7.47. The van der Waals surface area contributed by atoms with Gasteiger partial charge in [0.2, 0.25) is 5.95 Å². The van der Waals surface area contributed by atoms with Gasteiger partial charge in [0.25, 0.3) is 0 Å². The Kier molecular flexibility index (Phi) is 5.33. The number of anilines is 3. The molecule has 0 aliphatic rings. The summed E-state index contributed by atoms with van der Waals surface area (Å²) >= 11 is 0. The number of benzene rings is 2. The summed E-state index contributed by atoms with van der Waals surface area (Å²) in [7, 11) is 0. The van der Waals surface area contributed by atoms with Gasteiger partial charge in [0.05, 0.1) is 6.07 Å². The molecule has 0 radical (unpaired) electrons. The maximum absolute atomic E-state index is 8.81. The van der Waals surface area contributed by atoms with E-state index in [0.717, 1.165) is 33.5 Å². The Hall–Kier alpha value is -4.24. The summed E-state index contributed by atoms with van der Waals surface area (Å²) < 4.78 is 0. The van der Waals surface area contributed by atoms with Gasteiger partial charge < -0.3 is 11.1 Å². The van der Waals surface area contributed by atoms with E-state index >= 15 is 0 Å². The summed E-state index contributed by atoms with van der Waals surface area (Å²) in [6, 6.07) is 16.1. The predicted octanol–water partition coefficient (Wildman–Crippen LogP) is 5.48. The van der Waals surface area contributed by atoms with E-state index in [-0.39, 0.29) is 0 Å². The third-order valence-corrected chi connectivity index (χ3v) is 5.09. The number of aryl methyl sites for hydroxylation is 3. The minimum atomic E-state index is 0.324. The van der Waals surface area contributed by atoms with Gasteiger partial charge in [0.15, 0.2) is 5.82 Å². The zero-order valence-corrected chi connectivity index (χ0v) is 17.6. The standard InChI is InChI=1S/C25H22N6/c1-15-6-8-19(9-7-15)29-25-30-22-20(10-12-28-23(22)24(27)31-25)21-16(2)13-18(5-4-11-26)14-17(21)3/h4-10,12-14H,1-3H3,(H3,27,29,30,31)/b5-4+. The van der Waals surface area contributed by atoms with Crippen molar-refractivity contribution in [1.82, 2.24) is 15.0 Å². The average Bonchev–Trinajstić information content (AvgIpc) is 2.74. The molecule has 0 aliphatic carbocycles. The maximum Gasteiger partial charge on any atom is 0.229 e. The zero-order valence-electron chi connectivity index (χ0n) is 17.6. The SMILES string of the molecule is Cc1ccc(Nc2nc(N)c3nccc(-c4c(C)cc(/C=C/C#N)cc4C)c3n2)cc1. The molecule has 0 aliphatic heterocycles. The Morgan fingerprint density at radius 3 is 2.35 bits per heavy atom. The molecule has 4 aromatic rings. The molecule has 31 heavy (non-hydrogen) atoms. The number of nitrogens with zero attached hydrogens (tertiary/aromatic N) is 4. The highest BCUT2D eigenvalue weighted by molar-refractivity contribution is 5.98. The van der Waals surface area contributed by atoms with E-state index in [9.17, 15) is 0 Å². The Morgan fingerprint density at radius 1 is 0.968 bits per heavy atom. The normalized spacial score (nSPS) is 11.0. The van der Waals surface area contributed by atoms with Crippen LogP contribution in [0.25, 0.3) is 28.2 Å². The highest BCUT2D eigenvalue weighted by Gasteiger charge is 2.15. The molecular formula is C25H22N6. The third-order valence-electron chi connectivity index (χ3n) is 5.09. The number of hydrogen-bond donors (Lipinski definition) is 2. The Labute approximate surface area is 181 Å². The van der Waals surface area contributed by atoms with Crippen molar-refractivity contribution < 1.29 is 0 Å². The summed E-state index contributed by atoms with van der Waals surface area (Å²) in [6.07, 6.45) is 5.01. The van der Waals surface area contributed by atoms with E-state index in [0.29, 0.717) is 22.8 Å². The van der Waals surface area contributed by atoms with Gasteiger partial charge >= 0.3 is 0 Å². The van der Waals surface area contributed by atoms with Crippen molar-refractivity contribution in [3.05, 3.63) is 77.0 Å². The first-order chi connectivity index (χ1) is 15.0. The maximum atomic E-state index is 8.81. The number of hydrogen-bond acceptors (Lipinski definition) is 6. The van der Waals surface area contributed by atoms with Crippen LogP contribution >= 0.6 is 0 Å². The fourth-order valence-electron chi connectivity index (χ4n) is 3.73. The van der Waals surface area contributed by atoms with Crippen molar-refractivity contribution in [3.63, 3.8) is 0 Å². The summed E-state index contributed by atoms with van der Waals surface area (Å²) in [5.41, 5.74) is 14.7. The highest BCUT2D eigenvalue weighted by atomic mass is 15.1. The lowest BCUT2D eigenvalue weighted by molar-refractivity contribution is 1.20. The van der Waals surface area contributed by atoms with Gasteiger partial charge in [-0.05, 0) is 67.3 Å². The Bertz CT molecular complexity index is 1320. The predicted molar refractivity (Wildman–Crippen MR) is 126 cm³/mol. The molecule has 3 N–H and O–H groups in total. The highest BCUT2D eigenvalue weighted by Crippen LogP contribution is 2.34. The van der Waals surface area contributed by atoms with Crippen LogP contribution in [0.5, 0.6) is 0 Å². The fraction of sp³-hybridized carbons (Fsp3) is 0.120. The average molecular weight is 406 g/mol. The molecule has 2 aromatic heterocycles. The number of nitrogen functional groups attached to an aromatic ring is 1. The second-order valence-electron chi connectivity index (χ2n) is 7.47. The zero-order chi connectivity index (χ0) is 22.0. The quantitative estimate of drug-likeness (QED) is 0.435. The van der Waals surface area contributed by atoms with E-state index < -0.39 is 0 Å². The number of nitriles is 1. The van der Waals surface area contributed by atoms with Gasteiger partial charge in [0, 0.05) is 23.5 Å². The molecule has 152 valence electrons. The van der Waals surface area contributed by atoms with Crippen LogP contribution in [0.2, 0.25) is 0 Å². The molecule has 0 amide bonds. The van der Waals surface area contributed by atoms with E-state index in [1.165, 1.54) is 11.6 Å². The van der Waals surface area contributed by atoms with Crippen molar-refractivity contribution in [2.75, 3.05) is 11.1 Å². The van der Waals surface area contributed by atoms with Crippen LogP contribution in [0.1, 0.15) is 22.3 Å². The molecule has 6 heteroatoms. The number of aromatic nitrogens is 3. The van der Waals surface area contributed by atoms with Crippen LogP contribution in [0, 0.1) is 32.1 Å². The Morgan fingerprint density at radius 2 is 1.68 bits per heavy atom. The van der Waals surface area contributed by atoms with Crippen LogP contribution in [-0.2, 0) is 0 Å². The summed E-state index contributed by atoms with van der Waals surface area (Å²) in [5, 5.41) is 12.0. The van der Waals surface area contributed by atoms with Gasteiger partial charge in [-0.15, -0.1) is 0 Å². The number of allylic oxidation sites excluding steroid dienone is 1. The minimum Gasteiger partial charge on any atom is -0.382 e. The van der Waals surface area contributed by atoms with E-state index in [4.69, 9.17) is 16.0 Å². The van der Waals surface area contributed by atoms with Crippen LogP contribution in [0.4, 0.5) is 17.5 Å². The molecule has 0 atom stereocenters. The van der Waals surface area contributed by atoms with Gasteiger partial charge in [0.1, 0.15) is 11.0 Å². The number of nitrogens with one attached hydrogen (secondary N) is 1. The molecule has 2 heterocycles. The van der Waals surface area contributed by atoms with Crippen molar-refractivity contribution in [3.8, 4) is 17.2 Å². The molecular weight excluding hydrogens is 384 g/mol. The molecule has 0 spiro atoms. The second kappa shape index (κ2) is 8.25. The lowest BCUT2D eigenvalue weighted by Gasteiger charge is -2.15. The number of nitrogens with two attached hydrogens (primary N) is 1. The molecule has 0 bridgehead atoms. The third kappa shape index (κ3) is 4.07. The van der Waals surface area contributed by atoms with E-state index in [1.807, 2.05) is 57.2 Å². The summed E-state index contributed by atoms with van der Waals surface area (Å²) in [4.78, 5) is 13.6. The van der Waals surface area contributed by atoms with Crippen LogP contribution < -0.4 is 11.1 Å².